The Hall–Kier alpha value is -6.81. The minimum atomic E-state index is -1.49. The van der Waals surface area contributed by atoms with Gasteiger partial charge >= 0.3 is 5.97 Å². The summed E-state index contributed by atoms with van der Waals surface area (Å²) in [5, 5.41) is 11.4. The Kier molecular flexibility index (Phi) is 27.3. The molecule has 0 aromatic heterocycles. The van der Waals surface area contributed by atoms with Gasteiger partial charge in [-0.25, -0.2) is 4.79 Å². The first kappa shape index (κ1) is 71.7. The standard InChI is InChI=1S/C63H102N10O13/c1-18-39(9)53-55(76)64-35-49(75)69(13)51(37(5)6)56(77)66-45(33-42-28-30-44(85-17)31-29-42)63(84)86-41(11)58(79)73-32-24-23-27-46(73)59(80)70(14)52(38(7)8)57(78)67-50(36(3)4)61(82)68(12)47(34-48(74)65-43-25-21-20-22-26-43)60(81)72(16)54(40(10)19-2)62(83)71(53)15/h28-31,36-41,43,45-47,50-54H,18-27,32-35H2,1-17H3,(H,64,76)(H,65,74)(H,66,77)(H,67,78)/t39-,40+,41+,45+,46+,47-,50+,51+,52+,53+,54+/m1/s1. The fraction of sp³-hybridized carbons (Fsp3) is 0.730. The molecule has 1 aromatic carbocycles. The van der Waals surface area contributed by atoms with Gasteiger partial charge in [-0.15, -0.1) is 0 Å². The molecule has 23 nitrogen and oxygen atoms in total. The Morgan fingerprint density at radius 2 is 1.14 bits per heavy atom. The number of esters is 1. The number of methoxy groups -OCH3 is 1. The first-order valence-electron chi connectivity index (χ1n) is 31.1. The van der Waals surface area contributed by atoms with Crippen molar-refractivity contribution in [1.82, 2.24) is 50.7 Å². The van der Waals surface area contributed by atoms with E-state index in [4.69, 9.17) is 9.47 Å². The topological polar surface area (TPSA) is 274 Å². The van der Waals surface area contributed by atoms with Crippen LogP contribution in [0.15, 0.2) is 24.3 Å². The molecule has 0 unspecified atom stereocenters. The van der Waals surface area contributed by atoms with E-state index >= 15 is 14.4 Å². The average molecular weight is 1210 g/mol. The van der Waals surface area contributed by atoms with Gasteiger partial charge in [0.05, 0.1) is 20.1 Å². The molecular weight excluding hydrogens is 1100 g/mol. The normalized spacial score (nSPS) is 27.0. The molecule has 1 saturated carbocycles. The quantitative estimate of drug-likeness (QED) is 0.206. The van der Waals surface area contributed by atoms with E-state index in [0.29, 0.717) is 37.0 Å². The predicted octanol–water partition coefficient (Wildman–Crippen LogP) is 3.68. The van der Waals surface area contributed by atoms with Crippen molar-refractivity contribution in [2.24, 2.45) is 29.6 Å². The number of hydrogen-bond donors (Lipinski definition) is 4. The Balaban J connectivity index is 1.89. The minimum Gasteiger partial charge on any atom is -0.497 e. The molecule has 4 N–H and O–H groups in total. The van der Waals surface area contributed by atoms with Crippen molar-refractivity contribution in [3.05, 3.63) is 29.8 Å². The van der Waals surface area contributed by atoms with E-state index < -0.39 is 162 Å². The largest absolute Gasteiger partial charge is 0.497 e. The fourth-order valence-electron chi connectivity index (χ4n) is 12.2. The van der Waals surface area contributed by atoms with Crippen molar-refractivity contribution in [3.8, 4) is 5.75 Å². The molecule has 482 valence electrons. The number of nitrogens with one attached hydrogen (secondary N) is 4. The van der Waals surface area contributed by atoms with E-state index in [2.05, 4.69) is 21.3 Å². The molecule has 0 radical (unpaired) electrons. The first-order chi connectivity index (χ1) is 40.4. The second kappa shape index (κ2) is 32.8. The Morgan fingerprint density at radius 3 is 1.70 bits per heavy atom. The van der Waals surface area contributed by atoms with Crippen molar-refractivity contribution < 1.29 is 62.2 Å². The van der Waals surface area contributed by atoms with Gasteiger partial charge in [-0.1, -0.05) is 113 Å². The van der Waals surface area contributed by atoms with E-state index in [1.54, 1.807) is 79.7 Å². The summed E-state index contributed by atoms with van der Waals surface area (Å²) >= 11 is 0. The lowest BCUT2D eigenvalue weighted by molar-refractivity contribution is -0.165. The molecule has 11 atom stereocenters. The Bertz CT molecular complexity index is 2540. The lowest BCUT2D eigenvalue weighted by atomic mass is 9.92. The summed E-state index contributed by atoms with van der Waals surface area (Å²) in [7, 11) is 8.62. The molecule has 0 bridgehead atoms. The monoisotopic (exact) mass is 1210 g/mol. The number of benzene rings is 1. The molecule has 23 heteroatoms. The fourth-order valence-corrected chi connectivity index (χ4v) is 12.2. The van der Waals surface area contributed by atoms with E-state index in [-0.39, 0.29) is 25.4 Å². The SMILES string of the molecule is CC[C@@H](C)[C@H]1C(=O)NCC(=O)N(C)[C@@H](C(C)C)C(=O)N[C@@H](Cc2ccc(OC)cc2)C(=O)O[C@@H](C)C(=O)N2CCCC[C@H]2C(=O)N(C)[C@@H](C(C)C)C(=O)N[C@@H](C(C)C)C(=O)N(C)[C@H](CC(=O)NC2CCCCC2)C(=O)N(C)[C@@H]([C@@H](C)CC)C(=O)N1C. The van der Waals surface area contributed by atoms with Crippen LogP contribution in [0.4, 0.5) is 0 Å². The molecule has 3 aliphatic rings. The van der Waals surface area contributed by atoms with Crippen LogP contribution in [-0.4, -0.2) is 210 Å². The Morgan fingerprint density at radius 1 is 0.605 bits per heavy atom. The molecule has 2 saturated heterocycles. The number of hydrogen-bond acceptors (Lipinski definition) is 13. The predicted molar refractivity (Wildman–Crippen MR) is 324 cm³/mol. The average Bonchev–Trinajstić information content (AvgIpc) is 1.74. The van der Waals surface area contributed by atoms with Gasteiger partial charge in [-0.2, -0.15) is 0 Å². The second-order valence-electron chi connectivity index (χ2n) is 25.1. The number of cyclic esters (lactones) is 1. The van der Waals surface area contributed by atoms with Crippen LogP contribution >= 0.6 is 0 Å². The number of amides is 10. The van der Waals surface area contributed by atoms with Gasteiger partial charge in [0, 0.05) is 54.2 Å². The second-order valence-corrected chi connectivity index (χ2v) is 25.1. The van der Waals surface area contributed by atoms with Gasteiger partial charge in [-0.05, 0) is 86.3 Å². The van der Waals surface area contributed by atoms with Crippen LogP contribution in [0.2, 0.25) is 0 Å². The molecule has 4 rings (SSSR count). The number of carbonyl (C=O) groups is 11. The van der Waals surface area contributed by atoms with E-state index in [0.717, 1.165) is 37.0 Å². The highest BCUT2D eigenvalue weighted by Crippen LogP contribution is 2.27. The number of piperidine rings is 1. The van der Waals surface area contributed by atoms with Crippen molar-refractivity contribution in [2.45, 2.75) is 214 Å². The van der Waals surface area contributed by atoms with Crippen molar-refractivity contribution in [1.29, 1.82) is 0 Å². The summed E-state index contributed by atoms with van der Waals surface area (Å²) in [5.41, 5.74) is 0.591. The first-order valence-corrected chi connectivity index (χ1v) is 31.1. The Labute approximate surface area is 510 Å². The van der Waals surface area contributed by atoms with Crippen LogP contribution in [0.1, 0.15) is 152 Å². The summed E-state index contributed by atoms with van der Waals surface area (Å²) < 4.78 is 11.2. The summed E-state index contributed by atoms with van der Waals surface area (Å²) in [6.07, 6.45) is 4.39. The summed E-state index contributed by atoms with van der Waals surface area (Å²) in [6, 6.07) is -3.44. The minimum absolute atomic E-state index is 0.106. The van der Waals surface area contributed by atoms with Crippen LogP contribution in [0.5, 0.6) is 5.75 Å². The number of likely N-dealkylation sites (N-methyl/N-ethyl adjacent to an activating group) is 5. The number of fused-ring (bicyclic) bond motifs is 1. The van der Waals surface area contributed by atoms with Crippen LogP contribution in [-0.2, 0) is 63.9 Å². The third kappa shape index (κ3) is 18.1. The maximum atomic E-state index is 15.4. The van der Waals surface area contributed by atoms with Crippen LogP contribution in [0, 0.1) is 29.6 Å². The zero-order valence-corrected chi connectivity index (χ0v) is 54.4. The third-order valence-corrected chi connectivity index (χ3v) is 17.8. The maximum absolute atomic E-state index is 15.4. The van der Waals surface area contributed by atoms with Crippen molar-refractivity contribution >= 4 is 65.0 Å². The number of nitrogens with zero attached hydrogens (tertiary/aromatic N) is 6. The van der Waals surface area contributed by atoms with Crippen molar-refractivity contribution in [2.75, 3.05) is 55.4 Å². The molecule has 1 aromatic rings. The zero-order valence-electron chi connectivity index (χ0n) is 54.4. The number of ether oxygens (including phenoxy) is 2. The summed E-state index contributed by atoms with van der Waals surface area (Å²) in [5.74, 6) is -9.71. The highest BCUT2D eigenvalue weighted by atomic mass is 16.5. The van der Waals surface area contributed by atoms with Crippen LogP contribution < -0.4 is 26.0 Å². The van der Waals surface area contributed by atoms with Crippen molar-refractivity contribution in [3.63, 3.8) is 0 Å². The molecule has 0 spiro atoms. The van der Waals surface area contributed by atoms with E-state index in [9.17, 15) is 38.4 Å². The maximum Gasteiger partial charge on any atom is 0.329 e. The number of carbonyl (C=O) groups excluding carboxylic acids is 11. The highest BCUT2D eigenvalue weighted by molar-refractivity contribution is 6.00. The van der Waals surface area contributed by atoms with Gasteiger partial charge < -0.3 is 60.1 Å². The van der Waals surface area contributed by atoms with E-state index in [1.165, 1.54) is 73.8 Å². The van der Waals surface area contributed by atoms with E-state index in [1.807, 2.05) is 13.8 Å². The lowest BCUT2D eigenvalue weighted by Gasteiger charge is -2.41. The molecule has 2 aliphatic heterocycles. The summed E-state index contributed by atoms with van der Waals surface area (Å²) in [4.78, 5) is 169. The summed E-state index contributed by atoms with van der Waals surface area (Å²) in [6.45, 7) is 18.5. The highest BCUT2D eigenvalue weighted by Gasteiger charge is 2.46. The van der Waals surface area contributed by atoms with Crippen LogP contribution in [0.25, 0.3) is 0 Å². The van der Waals surface area contributed by atoms with Gasteiger partial charge in [0.15, 0.2) is 6.10 Å². The molecular formula is C63H102N10O13. The molecule has 86 heavy (non-hydrogen) atoms. The molecule has 3 fully saturated rings. The van der Waals surface area contributed by atoms with Crippen LogP contribution in [0.3, 0.4) is 0 Å². The molecule has 1 aliphatic carbocycles. The van der Waals surface area contributed by atoms with Gasteiger partial charge in [-0.3, -0.25) is 47.9 Å². The lowest BCUT2D eigenvalue weighted by Crippen LogP contribution is -2.63. The van der Waals surface area contributed by atoms with Gasteiger partial charge in [0.1, 0.15) is 54.1 Å². The zero-order chi connectivity index (χ0) is 64.6. The molecule has 2 heterocycles. The molecule has 10 amide bonds. The third-order valence-electron chi connectivity index (χ3n) is 17.8. The van der Waals surface area contributed by atoms with Gasteiger partial charge in [0.2, 0.25) is 53.2 Å². The smallest absolute Gasteiger partial charge is 0.329 e. The van der Waals surface area contributed by atoms with Gasteiger partial charge in [0.25, 0.3) is 5.91 Å². The number of rotatable bonds is 13.